The Morgan fingerprint density at radius 2 is 1.74 bits per heavy atom. The SMILES string of the molecule is Cc1nc(N(C)C(=O)Oc2c(/C(N)=C/N)cc(C(F)(F)F)cc2C(F)(F)F)ccc1F. The van der Waals surface area contributed by atoms with Gasteiger partial charge in [-0.15, -0.1) is 0 Å². The molecule has 31 heavy (non-hydrogen) atoms. The van der Waals surface area contributed by atoms with E-state index in [9.17, 15) is 35.5 Å². The first-order valence-corrected chi connectivity index (χ1v) is 8.25. The van der Waals surface area contributed by atoms with Gasteiger partial charge in [-0.2, -0.15) is 26.3 Å². The van der Waals surface area contributed by atoms with Crippen LogP contribution in [-0.2, 0) is 12.4 Å². The van der Waals surface area contributed by atoms with Crippen molar-refractivity contribution >= 4 is 17.6 Å². The maximum atomic E-state index is 13.5. The molecule has 1 heterocycles. The van der Waals surface area contributed by atoms with Gasteiger partial charge in [0.15, 0.2) is 5.75 Å². The zero-order valence-electron chi connectivity index (χ0n) is 15.9. The van der Waals surface area contributed by atoms with Gasteiger partial charge in [0.1, 0.15) is 11.6 Å². The monoisotopic (exact) mass is 452 g/mol. The summed E-state index contributed by atoms with van der Waals surface area (Å²) < 4.78 is 98.0. The molecule has 1 amide bonds. The van der Waals surface area contributed by atoms with Crippen molar-refractivity contribution in [1.29, 1.82) is 0 Å². The highest BCUT2D eigenvalue weighted by Gasteiger charge is 2.41. The lowest BCUT2D eigenvalue weighted by atomic mass is 10.0. The predicted molar refractivity (Wildman–Crippen MR) is 96.2 cm³/mol. The second-order valence-electron chi connectivity index (χ2n) is 6.18. The normalized spacial score (nSPS) is 12.6. The average molecular weight is 452 g/mol. The van der Waals surface area contributed by atoms with E-state index in [1.807, 2.05) is 0 Å². The molecule has 0 aliphatic rings. The Morgan fingerprint density at radius 1 is 1.13 bits per heavy atom. The smallest absolute Gasteiger partial charge is 0.409 e. The fourth-order valence-corrected chi connectivity index (χ4v) is 2.38. The summed E-state index contributed by atoms with van der Waals surface area (Å²) in [6.07, 6.45) is -11.4. The highest BCUT2D eigenvalue weighted by atomic mass is 19.4. The van der Waals surface area contributed by atoms with Crippen LogP contribution in [0.25, 0.3) is 5.70 Å². The number of benzene rings is 1. The molecule has 2 rings (SSSR count). The van der Waals surface area contributed by atoms with Gasteiger partial charge in [-0.3, -0.25) is 4.90 Å². The van der Waals surface area contributed by atoms with Crippen LogP contribution in [0.3, 0.4) is 0 Å². The van der Waals surface area contributed by atoms with E-state index in [2.05, 4.69) is 4.98 Å². The number of carbonyl (C=O) groups is 1. The van der Waals surface area contributed by atoms with Crippen molar-refractivity contribution in [3.8, 4) is 5.75 Å². The van der Waals surface area contributed by atoms with E-state index >= 15 is 0 Å². The Hall–Kier alpha value is -3.51. The molecule has 0 bridgehead atoms. The number of carbonyl (C=O) groups excluding carboxylic acids is 1. The first-order valence-electron chi connectivity index (χ1n) is 8.25. The third-order valence-electron chi connectivity index (χ3n) is 4.03. The van der Waals surface area contributed by atoms with Crippen molar-refractivity contribution in [2.45, 2.75) is 19.3 Å². The quantitative estimate of drug-likeness (QED) is 0.673. The first-order chi connectivity index (χ1) is 14.2. The van der Waals surface area contributed by atoms with Gasteiger partial charge in [-0.25, -0.2) is 14.2 Å². The number of aryl methyl sites for hydroxylation is 1. The Kier molecular flexibility index (Phi) is 6.38. The second-order valence-corrected chi connectivity index (χ2v) is 6.18. The number of hydrogen-bond donors (Lipinski definition) is 2. The molecule has 6 nitrogen and oxygen atoms in total. The molecule has 1 aromatic carbocycles. The Morgan fingerprint density at radius 3 is 2.23 bits per heavy atom. The van der Waals surface area contributed by atoms with Crippen molar-refractivity contribution in [2.75, 3.05) is 11.9 Å². The van der Waals surface area contributed by atoms with Crippen molar-refractivity contribution in [1.82, 2.24) is 4.98 Å². The number of pyridine rings is 1. The molecule has 168 valence electrons. The van der Waals surface area contributed by atoms with Crippen LogP contribution in [0.5, 0.6) is 5.75 Å². The van der Waals surface area contributed by atoms with E-state index in [1.165, 1.54) is 6.92 Å². The lowest BCUT2D eigenvalue weighted by Crippen LogP contribution is -2.31. The fourth-order valence-electron chi connectivity index (χ4n) is 2.38. The highest BCUT2D eigenvalue weighted by Crippen LogP contribution is 2.44. The molecule has 2 aromatic rings. The van der Waals surface area contributed by atoms with Gasteiger partial charge in [0, 0.05) is 18.8 Å². The third kappa shape index (κ3) is 5.16. The van der Waals surface area contributed by atoms with E-state index < -0.39 is 52.4 Å². The minimum absolute atomic E-state index is 0.112. The lowest BCUT2D eigenvalue weighted by molar-refractivity contribution is -0.143. The number of amides is 1. The number of ether oxygens (including phenoxy) is 1. The van der Waals surface area contributed by atoms with Crippen molar-refractivity contribution in [3.05, 3.63) is 58.7 Å². The van der Waals surface area contributed by atoms with Crippen LogP contribution in [0.4, 0.5) is 41.3 Å². The number of halogens is 7. The molecule has 0 unspecified atom stereocenters. The number of nitrogens with two attached hydrogens (primary N) is 2. The Bertz CT molecular complexity index is 1030. The van der Waals surface area contributed by atoms with E-state index in [1.54, 1.807) is 0 Å². The van der Waals surface area contributed by atoms with Gasteiger partial charge in [-0.05, 0) is 31.2 Å². The van der Waals surface area contributed by atoms with Crippen LogP contribution in [0.1, 0.15) is 22.4 Å². The summed E-state index contributed by atoms with van der Waals surface area (Å²) in [4.78, 5) is 16.8. The van der Waals surface area contributed by atoms with Gasteiger partial charge >= 0.3 is 18.4 Å². The molecule has 0 atom stereocenters. The average Bonchev–Trinajstić information content (AvgIpc) is 2.67. The highest BCUT2D eigenvalue weighted by molar-refractivity contribution is 5.88. The molecule has 0 fully saturated rings. The summed E-state index contributed by atoms with van der Waals surface area (Å²) in [7, 11) is 1.06. The number of rotatable bonds is 3. The van der Waals surface area contributed by atoms with Crippen LogP contribution >= 0.6 is 0 Å². The molecular weight excluding hydrogens is 437 g/mol. The molecule has 4 N–H and O–H groups in total. The summed E-state index contributed by atoms with van der Waals surface area (Å²) in [5, 5.41) is 0. The van der Waals surface area contributed by atoms with Gasteiger partial charge in [0.05, 0.1) is 22.5 Å². The number of hydrogen-bond acceptors (Lipinski definition) is 5. The largest absolute Gasteiger partial charge is 0.420 e. The molecule has 1 aromatic heterocycles. The van der Waals surface area contributed by atoms with Crippen molar-refractivity contribution in [2.24, 2.45) is 11.5 Å². The second kappa shape index (κ2) is 8.32. The van der Waals surface area contributed by atoms with Crippen LogP contribution < -0.4 is 21.1 Å². The van der Waals surface area contributed by atoms with Gasteiger partial charge < -0.3 is 16.2 Å². The molecule has 0 aliphatic carbocycles. The third-order valence-corrected chi connectivity index (χ3v) is 4.03. The minimum Gasteiger partial charge on any atom is -0.409 e. The van der Waals surface area contributed by atoms with Gasteiger partial charge in [0.2, 0.25) is 0 Å². The maximum absolute atomic E-state index is 13.5. The topological polar surface area (TPSA) is 94.5 Å². The lowest BCUT2D eigenvalue weighted by Gasteiger charge is -2.22. The number of nitrogens with zero attached hydrogens (tertiary/aromatic N) is 2. The van der Waals surface area contributed by atoms with E-state index in [0.717, 1.165) is 19.2 Å². The van der Waals surface area contributed by atoms with Crippen LogP contribution in [0.15, 0.2) is 30.5 Å². The standard InChI is InChI=1S/C18H15F7N4O2/c1-8-12(19)3-4-14(28-8)29(2)16(30)31-15-10(13(27)7-26)5-9(17(20,21)22)6-11(15)18(23,24)25/h3-7H,26-27H2,1-2H3/b13-7-. The fraction of sp³-hybridized carbons (Fsp3) is 0.222. The molecule has 0 saturated heterocycles. The molecular formula is C18H15F7N4O2. The van der Waals surface area contributed by atoms with Crippen molar-refractivity contribution < 1.29 is 40.3 Å². The van der Waals surface area contributed by atoms with Crippen LogP contribution in [0.2, 0.25) is 0 Å². The van der Waals surface area contributed by atoms with Gasteiger partial charge in [0.25, 0.3) is 0 Å². The van der Waals surface area contributed by atoms with E-state index in [4.69, 9.17) is 16.2 Å². The Labute approximate surface area is 170 Å². The maximum Gasteiger partial charge on any atom is 0.420 e. The zero-order chi connectivity index (χ0) is 23.7. The first kappa shape index (κ1) is 23.8. The molecule has 0 radical (unpaired) electrons. The predicted octanol–water partition coefficient (Wildman–Crippen LogP) is 4.42. The summed E-state index contributed by atoms with van der Waals surface area (Å²) >= 11 is 0. The minimum atomic E-state index is -5.34. The number of aromatic nitrogens is 1. The van der Waals surface area contributed by atoms with Gasteiger partial charge in [-0.1, -0.05) is 0 Å². The molecule has 0 spiro atoms. The van der Waals surface area contributed by atoms with E-state index in [-0.39, 0.29) is 23.6 Å². The number of anilines is 1. The van der Waals surface area contributed by atoms with Crippen molar-refractivity contribution in [3.63, 3.8) is 0 Å². The van der Waals surface area contributed by atoms with Crippen LogP contribution in [0, 0.1) is 12.7 Å². The summed E-state index contributed by atoms with van der Waals surface area (Å²) in [5.41, 5.74) is 5.34. The summed E-state index contributed by atoms with van der Waals surface area (Å²) in [6, 6.07) is 2.07. The molecule has 0 saturated carbocycles. The number of alkyl halides is 6. The van der Waals surface area contributed by atoms with E-state index in [0.29, 0.717) is 11.1 Å². The molecule has 0 aliphatic heterocycles. The summed E-state index contributed by atoms with van der Waals surface area (Å²) in [6.45, 7) is 1.28. The summed E-state index contributed by atoms with van der Waals surface area (Å²) in [5.74, 6) is -2.17. The van der Waals surface area contributed by atoms with Crippen LogP contribution in [-0.4, -0.2) is 18.1 Å². The Balaban J connectivity index is 2.62. The zero-order valence-corrected chi connectivity index (χ0v) is 15.9. The molecule has 13 heteroatoms.